The Labute approximate surface area is 138 Å². The van der Waals surface area contributed by atoms with E-state index >= 15 is 0 Å². The molecule has 0 aliphatic carbocycles. The van der Waals surface area contributed by atoms with Crippen LogP contribution >= 0.6 is 0 Å². The van der Waals surface area contributed by atoms with Crippen LogP contribution in [-0.4, -0.2) is 15.7 Å². The molecule has 0 atom stereocenters. The van der Waals surface area contributed by atoms with Gasteiger partial charge in [-0.1, -0.05) is 18.2 Å². The molecule has 2 heterocycles. The van der Waals surface area contributed by atoms with Gasteiger partial charge in [0.2, 0.25) is 5.91 Å². The van der Waals surface area contributed by atoms with E-state index in [0.29, 0.717) is 30.8 Å². The van der Waals surface area contributed by atoms with Gasteiger partial charge in [-0.05, 0) is 36.8 Å². The second-order valence-corrected chi connectivity index (χ2v) is 5.28. The molecule has 6 heteroatoms. The number of hydrogen-bond donors (Lipinski definition) is 1. The smallest absolute Gasteiger partial charge is 0.266 e. The average molecular weight is 323 g/mol. The van der Waals surface area contributed by atoms with E-state index in [1.807, 2.05) is 30.3 Å². The topological polar surface area (TPSA) is 77.1 Å². The number of carbonyl (C=O) groups excluding carboxylic acids is 1. The maximum atomic E-state index is 11.9. The molecule has 0 bridgehead atoms. The zero-order valence-corrected chi connectivity index (χ0v) is 13.0. The normalized spacial score (nSPS) is 10.5. The summed E-state index contributed by atoms with van der Waals surface area (Å²) in [5.74, 6) is 0.516. The minimum absolute atomic E-state index is 0.0866. The molecule has 0 unspecified atom stereocenters. The molecule has 0 saturated carbocycles. The van der Waals surface area contributed by atoms with Crippen molar-refractivity contribution in [3.05, 3.63) is 71.2 Å². The fourth-order valence-corrected chi connectivity index (χ4v) is 2.30. The first-order valence-electron chi connectivity index (χ1n) is 7.69. The zero-order valence-electron chi connectivity index (χ0n) is 13.0. The summed E-state index contributed by atoms with van der Waals surface area (Å²) in [7, 11) is 0. The number of benzene rings is 1. The Morgan fingerprint density at radius 3 is 2.67 bits per heavy atom. The van der Waals surface area contributed by atoms with E-state index in [1.165, 1.54) is 10.7 Å². The summed E-state index contributed by atoms with van der Waals surface area (Å²) in [6.07, 6.45) is 2.39. The molecule has 1 aromatic carbocycles. The number of furan rings is 1. The molecular formula is C18H17N3O3. The fourth-order valence-electron chi connectivity index (χ4n) is 2.30. The largest absolute Gasteiger partial charge is 0.463 e. The highest BCUT2D eigenvalue weighted by molar-refractivity contribution is 5.90. The molecule has 0 fully saturated rings. The van der Waals surface area contributed by atoms with Gasteiger partial charge in [-0.3, -0.25) is 9.59 Å². The summed E-state index contributed by atoms with van der Waals surface area (Å²) in [6, 6.07) is 15.9. The molecule has 1 amide bonds. The standard InChI is InChI=1S/C18H17N3O3/c22-17(19-14-6-2-1-3-7-14)9-4-12-21-18(23)11-10-15(20-21)16-8-5-13-24-16/h1-3,5-8,10-11,13H,4,9,12H2,(H,19,22). The predicted octanol–water partition coefficient (Wildman–Crippen LogP) is 2.92. The maximum Gasteiger partial charge on any atom is 0.266 e. The van der Waals surface area contributed by atoms with E-state index in [9.17, 15) is 9.59 Å². The quantitative estimate of drug-likeness (QED) is 0.756. The van der Waals surface area contributed by atoms with Crippen molar-refractivity contribution in [2.75, 3.05) is 5.32 Å². The summed E-state index contributed by atoms with van der Waals surface area (Å²) in [5.41, 5.74) is 1.15. The third kappa shape index (κ3) is 3.98. The summed E-state index contributed by atoms with van der Waals surface area (Å²) in [5, 5.41) is 7.09. The van der Waals surface area contributed by atoms with E-state index in [2.05, 4.69) is 10.4 Å². The van der Waals surface area contributed by atoms with Crippen LogP contribution in [0.15, 0.2) is 70.1 Å². The van der Waals surface area contributed by atoms with E-state index < -0.39 is 0 Å². The van der Waals surface area contributed by atoms with Gasteiger partial charge >= 0.3 is 0 Å². The monoisotopic (exact) mass is 323 g/mol. The Hall–Kier alpha value is -3.15. The number of para-hydroxylation sites is 1. The van der Waals surface area contributed by atoms with Gasteiger partial charge in [-0.15, -0.1) is 0 Å². The molecule has 6 nitrogen and oxygen atoms in total. The lowest BCUT2D eigenvalue weighted by Crippen LogP contribution is -2.23. The molecule has 1 N–H and O–H groups in total. The van der Waals surface area contributed by atoms with Crippen molar-refractivity contribution < 1.29 is 9.21 Å². The number of carbonyl (C=O) groups is 1. The summed E-state index contributed by atoms with van der Waals surface area (Å²) in [6.45, 7) is 0.371. The first kappa shape index (κ1) is 15.7. The molecular weight excluding hydrogens is 306 g/mol. The average Bonchev–Trinajstić information content (AvgIpc) is 3.12. The Morgan fingerprint density at radius 2 is 1.92 bits per heavy atom. The lowest BCUT2D eigenvalue weighted by molar-refractivity contribution is -0.116. The van der Waals surface area contributed by atoms with Crippen LogP contribution in [0.3, 0.4) is 0 Å². The van der Waals surface area contributed by atoms with Gasteiger partial charge in [0.1, 0.15) is 5.69 Å². The van der Waals surface area contributed by atoms with E-state index in [1.54, 1.807) is 24.5 Å². The highest BCUT2D eigenvalue weighted by atomic mass is 16.3. The summed E-state index contributed by atoms with van der Waals surface area (Å²) in [4.78, 5) is 23.8. The number of aromatic nitrogens is 2. The number of amides is 1. The van der Waals surface area contributed by atoms with Crippen LogP contribution in [0.1, 0.15) is 12.8 Å². The number of aryl methyl sites for hydroxylation is 1. The Kier molecular flexibility index (Phi) is 4.86. The molecule has 3 aromatic rings. The van der Waals surface area contributed by atoms with E-state index in [0.717, 1.165) is 5.69 Å². The van der Waals surface area contributed by atoms with Gasteiger partial charge in [0, 0.05) is 24.7 Å². The van der Waals surface area contributed by atoms with Crippen LogP contribution < -0.4 is 10.9 Å². The van der Waals surface area contributed by atoms with Crippen LogP contribution in [0.25, 0.3) is 11.5 Å². The third-order valence-electron chi connectivity index (χ3n) is 3.47. The number of anilines is 1. The second-order valence-electron chi connectivity index (χ2n) is 5.28. The van der Waals surface area contributed by atoms with Gasteiger partial charge in [-0.25, -0.2) is 4.68 Å². The highest BCUT2D eigenvalue weighted by Gasteiger charge is 2.07. The van der Waals surface area contributed by atoms with Crippen molar-refractivity contribution in [3.63, 3.8) is 0 Å². The summed E-state index contributed by atoms with van der Waals surface area (Å²) >= 11 is 0. The second kappa shape index (κ2) is 7.41. The van der Waals surface area contributed by atoms with Crippen LogP contribution in [0, 0.1) is 0 Å². The molecule has 0 radical (unpaired) electrons. The Bertz CT molecular complexity index is 855. The van der Waals surface area contributed by atoms with Gasteiger partial charge in [0.25, 0.3) is 5.56 Å². The molecule has 0 aliphatic heterocycles. The van der Waals surface area contributed by atoms with Gasteiger partial charge in [-0.2, -0.15) is 5.10 Å². The minimum atomic E-state index is -0.200. The molecule has 0 spiro atoms. The number of nitrogens with one attached hydrogen (secondary N) is 1. The summed E-state index contributed by atoms with van der Waals surface area (Å²) < 4.78 is 6.64. The van der Waals surface area contributed by atoms with Crippen LogP contribution in [0.2, 0.25) is 0 Å². The van der Waals surface area contributed by atoms with Crippen molar-refractivity contribution in [2.45, 2.75) is 19.4 Å². The first-order valence-corrected chi connectivity index (χ1v) is 7.69. The first-order chi connectivity index (χ1) is 11.7. The maximum absolute atomic E-state index is 11.9. The van der Waals surface area contributed by atoms with Crippen molar-refractivity contribution in [1.82, 2.24) is 9.78 Å². The van der Waals surface area contributed by atoms with E-state index in [-0.39, 0.29) is 11.5 Å². The van der Waals surface area contributed by atoms with Gasteiger partial charge in [0.05, 0.1) is 6.26 Å². The molecule has 0 aliphatic rings. The SMILES string of the molecule is O=C(CCCn1nc(-c2ccco2)ccc1=O)Nc1ccccc1. The van der Waals surface area contributed by atoms with Crippen molar-refractivity contribution in [2.24, 2.45) is 0 Å². The third-order valence-corrected chi connectivity index (χ3v) is 3.47. The predicted molar refractivity (Wildman–Crippen MR) is 90.5 cm³/mol. The Morgan fingerprint density at radius 1 is 1.08 bits per heavy atom. The van der Waals surface area contributed by atoms with E-state index in [4.69, 9.17) is 4.42 Å². The van der Waals surface area contributed by atoms with Crippen LogP contribution in [0.4, 0.5) is 5.69 Å². The molecule has 3 rings (SSSR count). The number of hydrogen-bond acceptors (Lipinski definition) is 4. The lowest BCUT2D eigenvalue weighted by atomic mass is 10.2. The molecule has 2 aromatic heterocycles. The number of rotatable bonds is 6. The van der Waals surface area contributed by atoms with Crippen molar-refractivity contribution >= 4 is 11.6 Å². The fraction of sp³-hybridized carbons (Fsp3) is 0.167. The van der Waals surface area contributed by atoms with Crippen molar-refractivity contribution in [3.8, 4) is 11.5 Å². The zero-order chi connectivity index (χ0) is 16.8. The lowest BCUT2D eigenvalue weighted by Gasteiger charge is -2.07. The molecule has 0 saturated heterocycles. The van der Waals surface area contributed by atoms with Gasteiger partial charge < -0.3 is 9.73 Å². The Balaban J connectivity index is 1.57. The van der Waals surface area contributed by atoms with Crippen LogP contribution in [-0.2, 0) is 11.3 Å². The molecule has 122 valence electrons. The van der Waals surface area contributed by atoms with Gasteiger partial charge in [0.15, 0.2) is 5.76 Å². The minimum Gasteiger partial charge on any atom is -0.463 e. The number of nitrogens with zero attached hydrogens (tertiary/aromatic N) is 2. The highest BCUT2D eigenvalue weighted by Crippen LogP contribution is 2.15. The van der Waals surface area contributed by atoms with Crippen LogP contribution in [0.5, 0.6) is 0 Å². The molecule has 24 heavy (non-hydrogen) atoms. The van der Waals surface area contributed by atoms with Crippen molar-refractivity contribution in [1.29, 1.82) is 0 Å².